The second-order valence-electron chi connectivity index (χ2n) is 7.92. The fourth-order valence-corrected chi connectivity index (χ4v) is 4.56. The van der Waals surface area contributed by atoms with Crippen LogP contribution >= 0.6 is 11.6 Å². The first kappa shape index (κ1) is 27.1. The lowest BCUT2D eigenvalue weighted by atomic mass is 10.1. The summed E-state index contributed by atoms with van der Waals surface area (Å²) in [6, 6.07) is 12.0. The molecule has 0 aliphatic carbocycles. The predicted octanol–water partition coefficient (Wildman–Crippen LogP) is 3.59. The zero-order chi connectivity index (χ0) is 25.3. The predicted molar refractivity (Wildman–Crippen MR) is 131 cm³/mol. The third-order valence-electron chi connectivity index (χ3n) is 5.30. The molecule has 1 fully saturated rings. The van der Waals surface area contributed by atoms with Crippen molar-refractivity contribution in [3.05, 3.63) is 59.1 Å². The molecular weight excluding hydrogens is 496 g/mol. The summed E-state index contributed by atoms with van der Waals surface area (Å²) in [5.74, 6) is -1.74. The highest BCUT2D eigenvalue weighted by atomic mass is 35.5. The molecule has 9 nitrogen and oxygen atoms in total. The van der Waals surface area contributed by atoms with Crippen molar-refractivity contribution in [2.75, 3.05) is 31.7 Å². The quantitative estimate of drug-likeness (QED) is 0.431. The summed E-state index contributed by atoms with van der Waals surface area (Å²) in [6.07, 6.45) is 2.18. The number of carbonyl (C=O) groups is 2. The molecule has 2 aromatic rings. The summed E-state index contributed by atoms with van der Waals surface area (Å²) >= 11 is 5.84. The van der Waals surface area contributed by atoms with Crippen LogP contribution in [-0.4, -0.2) is 52.9 Å². The molecule has 3 rings (SSSR count). The lowest BCUT2D eigenvalue weighted by Gasteiger charge is -2.25. The molecule has 0 radical (unpaired) electrons. The van der Waals surface area contributed by atoms with E-state index in [2.05, 4.69) is 10.0 Å². The number of halogens is 1. The van der Waals surface area contributed by atoms with Crippen molar-refractivity contribution in [2.45, 2.75) is 37.4 Å². The summed E-state index contributed by atoms with van der Waals surface area (Å²) in [4.78, 5) is 24.9. The molecule has 1 heterocycles. The van der Waals surface area contributed by atoms with Crippen molar-refractivity contribution in [3.8, 4) is 0 Å². The third-order valence-corrected chi connectivity index (χ3v) is 6.99. The fourth-order valence-electron chi connectivity index (χ4n) is 3.35. The minimum atomic E-state index is -3.87. The van der Waals surface area contributed by atoms with Gasteiger partial charge in [-0.25, -0.2) is 17.9 Å². The zero-order valence-corrected chi connectivity index (χ0v) is 20.9. The van der Waals surface area contributed by atoms with Gasteiger partial charge in [-0.15, -0.1) is 0 Å². The smallest absolute Gasteiger partial charge is 0.338 e. The first-order valence-corrected chi connectivity index (χ1v) is 13.2. The molecule has 1 aliphatic heterocycles. The van der Waals surface area contributed by atoms with E-state index in [1.165, 1.54) is 36.4 Å². The normalized spacial score (nSPS) is 16.9. The van der Waals surface area contributed by atoms with Gasteiger partial charge in [0.25, 0.3) is 0 Å². The maximum atomic E-state index is 13.0. The Hall–Kier alpha value is -2.50. The maximum Gasteiger partial charge on any atom is 0.338 e. The topological polar surface area (TPSA) is 120 Å². The second kappa shape index (κ2) is 13.0. The molecule has 2 atom stereocenters. The van der Waals surface area contributed by atoms with E-state index in [9.17, 15) is 18.0 Å². The minimum absolute atomic E-state index is 0.0344. The number of ether oxygens (including phenoxy) is 3. The van der Waals surface area contributed by atoms with Crippen LogP contribution in [0.4, 0.5) is 5.69 Å². The maximum absolute atomic E-state index is 13.0. The number of esters is 1. The molecular formula is C24H29ClN2O7S. The van der Waals surface area contributed by atoms with Gasteiger partial charge in [0.2, 0.25) is 15.9 Å². The molecule has 0 spiro atoms. The van der Waals surface area contributed by atoms with E-state index in [0.29, 0.717) is 29.3 Å². The zero-order valence-electron chi connectivity index (χ0n) is 19.4. The molecule has 2 aromatic carbocycles. The van der Waals surface area contributed by atoms with Crippen LogP contribution in [0.15, 0.2) is 53.4 Å². The van der Waals surface area contributed by atoms with Crippen LogP contribution < -0.4 is 10.0 Å². The monoisotopic (exact) mass is 524 g/mol. The van der Waals surface area contributed by atoms with Gasteiger partial charge in [-0.3, -0.25) is 4.79 Å². The summed E-state index contributed by atoms with van der Waals surface area (Å²) < 4.78 is 44.1. The molecule has 0 bridgehead atoms. The van der Waals surface area contributed by atoms with Gasteiger partial charge in [0.15, 0.2) is 6.29 Å². The number of rotatable bonds is 11. The average molecular weight is 525 g/mol. The molecule has 0 saturated carbocycles. The molecule has 35 heavy (non-hydrogen) atoms. The Morgan fingerprint density at radius 2 is 1.83 bits per heavy atom. The summed E-state index contributed by atoms with van der Waals surface area (Å²) in [6.45, 7) is 2.33. The molecule has 0 aromatic heterocycles. The Morgan fingerprint density at radius 1 is 1.11 bits per heavy atom. The largest absolute Gasteiger partial charge is 0.462 e. The average Bonchev–Trinajstić information content (AvgIpc) is 2.85. The van der Waals surface area contributed by atoms with E-state index in [1.54, 1.807) is 19.1 Å². The van der Waals surface area contributed by atoms with Crippen LogP contribution in [0, 0.1) is 5.92 Å². The van der Waals surface area contributed by atoms with Gasteiger partial charge in [-0.1, -0.05) is 11.6 Å². The lowest BCUT2D eigenvalue weighted by molar-refractivity contribution is -0.170. The molecule has 1 amide bonds. The van der Waals surface area contributed by atoms with Gasteiger partial charge < -0.3 is 19.5 Å². The SMILES string of the molecule is CCOC(=O)c1ccc(NC(=O)[C@@H](CNS(=O)(=O)c2ccc(Cl)cc2)COC2CCCCO2)cc1. The Labute approximate surface area is 210 Å². The number of anilines is 1. The first-order valence-electron chi connectivity index (χ1n) is 11.3. The molecule has 1 saturated heterocycles. The van der Waals surface area contributed by atoms with Crippen molar-refractivity contribution in [2.24, 2.45) is 5.92 Å². The number of hydrogen-bond acceptors (Lipinski definition) is 7. The molecule has 11 heteroatoms. The fraction of sp³-hybridized carbons (Fsp3) is 0.417. The van der Waals surface area contributed by atoms with Crippen molar-refractivity contribution >= 4 is 39.2 Å². The molecule has 190 valence electrons. The third kappa shape index (κ3) is 8.29. The van der Waals surface area contributed by atoms with Crippen molar-refractivity contribution < 1.29 is 32.2 Å². The van der Waals surface area contributed by atoms with E-state index in [4.69, 9.17) is 25.8 Å². The van der Waals surface area contributed by atoms with Gasteiger partial charge in [0, 0.05) is 23.9 Å². The highest BCUT2D eigenvalue weighted by Gasteiger charge is 2.25. The second-order valence-corrected chi connectivity index (χ2v) is 10.1. The van der Waals surface area contributed by atoms with Crippen LogP contribution in [-0.2, 0) is 29.0 Å². The molecule has 1 unspecified atom stereocenters. The van der Waals surface area contributed by atoms with Crippen LogP contribution in [0.1, 0.15) is 36.5 Å². The standard InChI is InChI=1S/C24H29ClN2O7S/c1-2-32-24(29)17-6-10-20(11-7-17)27-23(28)18(16-34-22-5-3-4-14-33-22)15-26-35(30,31)21-12-8-19(25)9-13-21/h6-13,18,22,26H,2-5,14-16H2,1H3,(H,27,28)/t18-,22?/m0/s1. The summed E-state index contributed by atoms with van der Waals surface area (Å²) in [7, 11) is -3.87. The number of nitrogens with one attached hydrogen (secondary N) is 2. The van der Waals surface area contributed by atoms with Crippen molar-refractivity contribution in [1.29, 1.82) is 0 Å². The van der Waals surface area contributed by atoms with Crippen LogP contribution in [0.5, 0.6) is 0 Å². The van der Waals surface area contributed by atoms with Crippen molar-refractivity contribution in [1.82, 2.24) is 4.72 Å². The van der Waals surface area contributed by atoms with Gasteiger partial charge in [0.1, 0.15) is 0 Å². The highest BCUT2D eigenvalue weighted by molar-refractivity contribution is 7.89. The van der Waals surface area contributed by atoms with Gasteiger partial charge >= 0.3 is 5.97 Å². The number of hydrogen-bond donors (Lipinski definition) is 2. The Bertz CT molecular complexity index is 1090. The summed E-state index contributed by atoms with van der Waals surface area (Å²) in [5.41, 5.74) is 0.803. The van der Waals surface area contributed by atoms with E-state index < -0.39 is 34.1 Å². The Balaban J connectivity index is 1.67. The highest BCUT2D eigenvalue weighted by Crippen LogP contribution is 2.18. The van der Waals surface area contributed by atoms with Gasteiger partial charge in [-0.2, -0.15) is 0 Å². The van der Waals surface area contributed by atoms with Crippen LogP contribution in [0.2, 0.25) is 5.02 Å². The van der Waals surface area contributed by atoms with Gasteiger partial charge in [-0.05, 0) is 74.7 Å². The van der Waals surface area contributed by atoms with E-state index in [-0.39, 0.29) is 24.7 Å². The molecule has 1 aliphatic rings. The minimum Gasteiger partial charge on any atom is -0.462 e. The van der Waals surface area contributed by atoms with Crippen LogP contribution in [0.25, 0.3) is 0 Å². The van der Waals surface area contributed by atoms with Gasteiger partial charge in [0.05, 0.1) is 29.6 Å². The van der Waals surface area contributed by atoms with E-state index in [0.717, 1.165) is 12.8 Å². The van der Waals surface area contributed by atoms with E-state index >= 15 is 0 Å². The van der Waals surface area contributed by atoms with Crippen LogP contribution in [0.3, 0.4) is 0 Å². The Kier molecular flexibility index (Phi) is 10.1. The Morgan fingerprint density at radius 3 is 2.46 bits per heavy atom. The number of carbonyl (C=O) groups excluding carboxylic acids is 2. The lowest BCUT2D eigenvalue weighted by Crippen LogP contribution is -2.39. The number of amides is 1. The number of sulfonamides is 1. The molecule has 2 N–H and O–H groups in total. The summed E-state index contributed by atoms with van der Waals surface area (Å²) in [5, 5.41) is 3.16. The van der Waals surface area contributed by atoms with Crippen molar-refractivity contribution in [3.63, 3.8) is 0 Å². The van der Waals surface area contributed by atoms with E-state index in [1.807, 2.05) is 0 Å². The first-order chi connectivity index (χ1) is 16.8. The number of benzene rings is 2.